The van der Waals surface area contributed by atoms with E-state index in [0.29, 0.717) is 6.04 Å². The zero-order chi connectivity index (χ0) is 15.7. The molecule has 0 bridgehead atoms. The number of aliphatic hydroxyl groups excluding tert-OH is 1. The van der Waals surface area contributed by atoms with E-state index in [-0.39, 0.29) is 17.5 Å². The lowest BCUT2D eigenvalue weighted by atomic mass is 10.0. The molecule has 22 heavy (non-hydrogen) atoms. The fourth-order valence-electron chi connectivity index (χ4n) is 3.49. The van der Waals surface area contributed by atoms with E-state index in [4.69, 9.17) is 0 Å². The number of sulfone groups is 1. The molecule has 6 heteroatoms. The van der Waals surface area contributed by atoms with Gasteiger partial charge in [0.1, 0.15) is 0 Å². The fourth-order valence-corrected chi connectivity index (χ4v) is 5.32. The zero-order valence-corrected chi connectivity index (χ0v) is 13.7. The van der Waals surface area contributed by atoms with Crippen LogP contribution in [0.3, 0.4) is 0 Å². The Morgan fingerprint density at radius 3 is 2.45 bits per heavy atom. The van der Waals surface area contributed by atoms with Crippen molar-refractivity contribution < 1.29 is 13.5 Å². The molecular formula is C16H24N2O3S. The number of likely N-dealkylation sites (tertiary alicyclic amines) is 1. The smallest absolute Gasteiger partial charge is 0.154 e. The Labute approximate surface area is 132 Å². The van der Waals surface area contributed by atoms with Crippen molar-refractivity contribution in [1.82, 2.24) is 4.90 Å². The minimum Gasteiger partial charge on any atom is -0.390 e. The first-order chi connectivity index (χ1) is 10.4. The number of rotatable bonds is 3. The number of hydrogen-bond acceptors (Lipinski definition) is 5. The van der Waals surface area contributed by atoms with Crippen molar-refractivity contribution in [1.29, 1.82) is 0 Å². The summed E-state index contributed by atoms with van der Waals surface area (Å²) in [6, 6.07) is 8.44. The number of nitrogens with one attached hydrogen (secondary N) is 1. The number of aliphatic hydroxyl groups is 1. The Morgan fingerprint density at radius 2 is 1.86 bits per heavy atom. The van der Waals surface area contributed by atoms with Gasteiger partial charge in [-0.05, 0) is 31.4 Å². The lowest BCUT2D eigenvalue weighted by Gasteiger charge is -2.37. The van der Waals surface area contributed by atoms with Crippen LogP contribution >= 0.6 is 0 Å². The number of anilines is 1. The summed E-state index contributed by atoms with van der Waals surface area (Å²) >= 11 is 0. The minimum absolute atomic E-state index is 0.0843. The van der Waals surface area contributed by atoms with Crippen LogP contribution in [0.5, 0.6) is 0 Å². The van der Waals surface area contributed by atoms with Gasteiger partial charge in [-0.1, -0.05) is 18.2 Å². The quantitative estimate of drug-likeness (QED) is 0.869. The molecule has 0 aromatic heterocycles. The van der Waals surface area contributed by atoms with Gasteiger partial charge in [0.05, 0.1) is 23.7 Å². The number of piperidine rings is 1. The normalized spacial score (nSPS) is 29.5. The average Bonchev–Trinajstić information content (AvgIpc) is 2.75. The van der Waals surface area contributed by atoms with Gasteiger partial charge in [0, 0.05) is 24.8 Å². The molecule has 3 rings (SSSR count). The van der Waals surface area contributed by atoms with Gasteiger partial charge in [0.15, 0.2) is 9.84 Å². The Morgan fingerprint density at radius 1 is 1.18 bits per heavy atom. The maximum absolute atomic E-state index is 11.6. The molecule has 122 valence electrons. The molecule has 2 fully saturated rings. The zero-order valence-electron chi connectivity index (χ0n) is 12.9. The molecule has 2 heterocycles. The van der Waals surface area contributed by atoms with Crippen molar-refractivity contribution in [3.8, 4) is 0 Å². The summed E-state index contributed by atoms with van der Waals surface area (Å²) in [6.45, 7) is 3.76. The number of hydrogen-bond donors (Lipinski definition) is 2. The van der Waals surface area contributed by atoms with Crippen molar-refractivity contribution >= 4 is 15.5 Å². The van der Waals surface area contributed by atoms with Crippen molar-refractivity contribution in [2.75, 3.05) is 29.9 Å². The monoisotopic (exact) mass is 324 g/mol. The van der Waals surface area contributed by atoms with Crippen molar-refractivity contribution in [3.05, 3.63) is 29.8 Å². The second kappa shape index (κ2) is 6.18. The highest BCUT2D eigenvalue weighted by Gasteiger charge is 2.40. The summed E-state index contributed by atoms with van der Waals surface area (Å²) < 4.78 is 23.3. The Bertz CT molecular complexity index is 624. The van der Waals surface area contributed by atoms with Gasteiger partial charge >= 0.3 is 0 Å². The van der Waals surface area contributed by atoms with Crippen LogP contribution in [0.15, 0.2) is 24.3 Å². The first-order valence-electron chi connectivity index (χ1n) is 7.89. The highest BCUT2D eigenvalue weighted by molar-refractivity contribution is 7.91. The predicted octanol–water partition coefficient (Wildman–Crippen LogP) is 1.03. The van der Waals surface area contributed by atoms with Crippen LogP contribution in [-0.4, -0.2) is 61.2 Å². The molecular weight excluding hydrogens is 300 g/mol. The minimum atomic E-state index is -3.07. The second-order valence-electron chi connectivity index (χ2n) is 6.48. The standard InChI is InChI=1S/C16H24N2O3S/c1-12-4-2-3-5-14(12)17-13-6-8-18(9-7-13)15-10-22(20,21)11-16(15)19/h2-5,13,15-17,19H,6-11H2,1H3/t15-,16-/m1/s1. The molecule has 2 N–H and O–H groups in total. The van der Waals surface area contributed by atoms with E-state index in [0.717, 1.165) is 25.9 Å². The molecule has 5 nitrogen and oxygen atoms in total. The maximum atomic E-state index is 11.6. The van der Waals surface area contributed by atoms with Crippen molar-refractivity contribution in [2.45, 2.75) is 38.0 Å². The van der Waals surface area contributed by atoms with Crippen LogP contribution < -0.4 is 5.32 Å². The number of nitrogens with zero attached hydrogens (tertiary/aromatic N) is 1. The van der Waals surface area contributed by atoms with Gasteiger partial charge in [-0.15, -0.1) is 0 Å². The summed E-state index contributed by atoms with van der Waals surface area (Å²) in [5, 5.41) is 13.6. The van der Waals surface area contributed by atoms with E-state index in [2.05, 4.69) is 29.3 Å². The number of aryl methyl sites for hydroxylation is 1. The largest absolute Gasteiger partial charge is 0.390 e. The number of benzene rings is 1. The van der Waals surface area contributed by atoms with Gasteiger partial charge in [-0.3, -0.25) is 4.90 Å². The molecule has 1 aromatic rings. The third-order valence-corrected chi connectivity index (χ3v) is 6.50. The van der Waals surface area contributed by atoms with Gasteiger partial charge in [-0.25, -0.2) is 8.42 Å². The molecule has 0 amide bonds. The van der Waals surface area contributed by atoms with E-state index >= 15 is 0 Å². The van der Waals surface area contributed by atoms with E-state index in [9.17, 15) is 13.5 Å². The van der Waals surface area contributed by atoms with Crippen molar-refractivity contribution in [3.63, 3.8) is 0 Å². The lowest BCUT2D eigenvalue weighted by molar-refractivity contribution is 0.0683. The Balaban J connectivity index is 1.56. The summed E-state index contributed by atoms with van der Waals surface area (Å²) in [4.78, 5) is 2.14. The van der Waals surface area contributed by atoms with Gasteiger partial charge in [-0.2, -0.15) is 0 Å². The maximum Gasteiger partial charge on any atom is 0.154 e. The number of para-hydroxylation sites is 1. The molecule has 2 aliphatic heterocycles. The summed E-state index contributed by atoms with van der Waals surface area (Å²) in [6.07, 6.45) is 1.21. The van der Waals surface area contributed by atoms with Crippen LogP contribution in [0.4, 0.5) is 5.69 Å². The lowest BCUT2D eigenvalue weighted by Crippen LogP contribution is -2.49. The van der Waals surface area contributed by atoms with Gasteiger partial charge < -0.3 is 10.4 Å². The summed E-state index contributed by atoms with van der Waals surface area (Å²) in [5.41, 5.74) is 2.41. The molecule has 0 unspecified atom stereocenters. The first-order valence-corrected chi connectivity index (χ1v) is 9.71. The van der Waals surface area contributed by atoms with Gasteiger partial charge in [0.2, 0.25) is 0 Å². The molecule has 0 saturated carbocycles. The highest BCUT2D eigenvalue weighted by Crippen LogP contribution is 2.24. The Hall–Kier alpha value is -1.11. The third kappa shape index (κ3) is 3.45. The van der Waals surface area contributed by atoms with Crippen LogP contribution in [0, 0.1) is 6.92 Å². The van der Waals surface area contributed by atoms with E-state index in [1.807, 2.05) is 12.1 Å². The molecule has 0 spiro atoms. The molecule has 0 aliphatic carbocycles. The van der Waals surface area contributed by atoms with E-state index in [1.54, 1.807) is 0 Å². The van der Waals surface area contributed by atoms with E-state index in [1.165, 1.54) is 11.3 Å². The fraction of sp³-hybridized carbons (Fsp3) is 0.625. The molecule has 2 saturated heterocycles. The molecule has 0 radical (unpaired) electrons. The van der Waals surface area contributed by atoms with Crippen LogP contribution in [0.25, 0.3) is 0 Å². The van der Waals surface area contributed by atoms with Crippen molar-refractivity contribution in [2.24, 2.45) is 0 Å². The summed E-state index contributed by atoms with van der Waals surface area (Å²) in [5.74, 6) is 0.0170. The predicted molar refractivity (Wildman–Crippen MR) is 87.8 cm³/mol. The van der Waals surface area contributed by atoms with Crippen LogP contribution in [0.2, 0.25) is 0 Å². The molecule has 2 atom stereocenters. The third-order valence-electron chi connectivity index (χ3n) is 4.80. The van der Waals surface area contributed by atoms with Crippen LogP contribution in [0.1, 0.15) is 18.4 Å². The second-order valence-corrected chi connectivity index (χ2v) is 8.63. The SMILES string of the molecule is Cc1ccccc1NC1CCN([C@@H]2CS(=O)(=O)C[C@H]2O)CC1. The first kappa shape index (κ1) is 15.8. The molecule has 2 aliphatic rings. The average molecular weight is 324 g/mol. The molecule has 1 aromatic carbocycles. The summed E-state index contributed by atoms with van der Waals surface area (Å²) in [7, 11) is -3.07. The van der Waals surface area contributed by atoms with Crippen LogP contribution in [-0.2, 0) is 9.84 Å². The van der Waals surface area contributed by atoms with E-state index < -0.39 is 15.9 Å². The highest BCUT2D eigenvalue weighted by atomic mass is 32.2. The Kier molecular flexibility index (Phi) is 4.43. The van der Waals surface area contributed by atoms with Gasteiger partial charge in [0.25, 0.3) is 0 Å². The topological polar surface area (TPSA) is 69.6 Å².